The van der Waals surface area contributed by atoms with Crippen LogP contribution in [-0.2, 0) is 0 Å². The molecule has 0 aliphatic carbocycles. The van der Waals surface area contributed by atoms with Gasteiger partial charge in [0.1, 0.15) is 0 Å². The summed E-state index contributed by atoms with van der Waals surface area (Å²) >= 11 is 1.70. The van der Waals surface area contributed by atoms with E-state index in [-0.39, 0.29) is 0 Å². The summed E-state index contributed by atoms with van der Waals surface area (Å²) in [6.45, 7) is 0. The van der Waals surface area contributed by atoms with Gasteiger partial charge in [0.25, 0.3) is 0 Å². The third-order valence-electron chi connectivity index (χ3n) is 3.83. The number of hydrogen-bond acceptors (Lipinski definition) is 6. The van der Waals surface area contributed by atoms with Gasteiger partial charge in [0.2, 0.25) is 5.75 Å². The second-order valence-electron chi connectivity index (χ2n) is 5.14. The first-order valence-electron chi connectivity index (χ1n) is 7.57. The van der Waals surface area contributed by atoms with Gasteiger partial charge in [0.05, 0.1) is 38.9 Å². The van der Waals surface area contributed by atoms with Crippen LogP contribution in [0.1, 0.15) is 0 Å². The Bertz CT molecular complexity index is 837. The van der Waals surface area contributed by atoms with Gasteiger partial charge in [-0.15, -0.1) is 16.9 Å². The molecule has 0 spiro atoms. The average molecular weight is 357 g/mol. The van der Waals surface area contributed by atoms with E-state index in [4.69, 9.17) is 14.2 Å². The van der Waals surface area contributed by atoms with Gasteiger partial charge in [-0.2, -0.15) is 0 Å². The van der Waals surface area contributed by atoms with Crippen LogP contribution in [0, 0.1) is 0 Å². The summed E-state index contributed by atoms with van der Waals surface area (Å²) < 4.78 is 18.0. The van der Waals surface area contributed by atoms with Gasteiger partial charge < -0.3 is 14.2 Å². The van der Waals surface area contributed by atoms with Gasteiger partial charge in [-0.25, -0.2) is 4.68 Å². The largest absolute Gasteiger partial charge is 0.493 e. The van der Waals surface area contributed by atoms with Crippen molar-refractivity contribution in [2.24, 2.45) is 0 Å². The number of hydrogen-bond donors (Lipinski definition) is 0. The van der Waals surface area contributed by atoms with Crippen molar-refractivity contribution in [3.63, 3.8) is 0 Å². The number of rotatable bonds is 6. The van der Waals surface area contributed by atoms with Crippen molar-refractivity contribution < 1.29 is 14.2 Å². The van der Waals surface area contributed by atoms with Gasteiger partial charge >= 0.3 is 0 Å². The van der Waals surface area contributed by atoms with E-state index in [1.807, 2.05) is 12.1 Å². The van der Waals surface area contributed by atoms with Crippen molar-refractivity contribution >= 4 is 11.8 Å². The van der Waals surface area contributed by atoms with E-state index < -0.39 is 0 Å². The maximum Gasteiger partial charge on any atom is 0.203 e. The van der Waals surface area contributed by atoms with Gasteiger partial charge in [0, 0.05) is 22.6 Å². The van der Waals surface area contributed by atoms with Crippen LogP contribution < -0.4 is 14.2 Å². The number of methoxy groups -OCH3 is 3. The lowest BCUT2D eigenvalue weighted by atomic mass is 10.1. The molecule has 1 heterocycles. The molecule has 0 saturated heterocycles. The first kappa shape index (κ1) is 17.2. The molecule has 1 aromatic heterocycles. The van der Waals surface area contributed by atoms with Gasteiger partial charge in [-0.1, -0.05) is 17.3 Å². The zero-order chi connectivity index (χ0) is 17.8. The first-order valence-corrected chi connectivity index (χ1v) is 8.79. The van der Waals surface area contributed by atoms with E-state index in [1.165, 1.54) is 4.90 Å². The Morgan fingerprint density at radius 1 is 0.920 bits per heavy atom. The maximum absolute atomic E-state index is 5.42. The Balaban J connectivity index is 2.10. The summed E-state index contributed by atoms with van der Waals surface area (Å²) in [5.41, 5.74) is 2.68. The Labute approximate surface area is 150 Å². The van der Waals surface area contributed by atoms with Crippen molar-refractivity contribution in [2.75, 3.05) is 27.6 Å². The van der Waals surface area contributed by atoms with Crippen LogP contribution in [0.2, 0.25) is 0 Å². The highest BCUT2D eigenvalue weighted by atomic mass is 32.2. The first-order chi connectivity index (χ1) is 12.2. The molecule has 0 bridgehead atoms. The molecule has 0 aliphatic heterocycles. The minimum atomic E-state index is 0.541. The number of thioether (sulfide) groups is 1. The van der Waals surface area contributed by atoms with Gasteiger partial charge in [-0.05, 0) is 18.4 Å². The van der Waals surface area contributed by atoms with Crippen molar-refractivity contribution in [3.8, 4) is 34.2 Å². The van der Waals surface area contributed by atoms with Crippen molar-refractivity contribution in [3.05, 3.63) is 42.6 Å². The fourth-order valence-electron chi connectivity index (χ4n) is 2.57. The predicted molar refractivity (Wildman–Crippen MR) is 98.2 cm³/mol. The monoisotopic (exact) mass is 357 g/mol. The molecular formula is C18H19N3O3S. The number of ether oxygens (including phenoxy) is 3. The van der Waals surface area contributed by atoms with Crippen LogP contribution in [0.5, 0.6) is 17.2 Å². The van der Waals surface area contributed by atoms with Crippen LogP contribution >= 0.6 is 11.8 Å². The zero-order valence-corrected chi connectivity index (χ0v) is 15.3. The van der Waals surface area contributed by atoms with Crippen LogP contribution in [0.25, 0.3) is 16.9 Å². The molecule has 0 aliphatic rings. The Kier molecular flexibility index (Phi) is 5.14. The van der Waals surface area contributed by atoms with Crippen molar-refractivity contribution in [1.82, 2.24) is 15.0 Å². The molecule has 0 fully saturated rings. The van der Waals surface area contributed by atoms with Gasteiger partial charge in [0.15, 0.2) is 11.5 Å². The SMILES string of the molecule is COc1cc(-n2nncc2-c2ccc(SC)cc2)cc(OC)c1OC. The standard InChI is InChI=1S/C18H19N3O3S/c1-22-16-9-13(10-17(23-2)18(16)24-3)21-15(11-19-20-21)12-5-7-14(25-4)8-6-12/h5-11H,1-4H3. The Hall–Kier alpha value is -2.67. The summed E-state index contributed by atoms with van der Waals surface area (Å²) in [7, 11) is 4.75. The molecule has 25 heavy (non-hydrogen) atoms. The van der Waals surface area contributed by atoms with E-state index in [9.17, 15) is 0 Å². The highest BCUT2D eigenvalue weighted by molar-refractivity contribution is 7.98. The van der Waals surface area contributed by atoms with E-state index in [0.29, 0.717) is 17.2 Å². The molecule has 0 unspecified atom stereocenters. The van der Waals surface area contributed by atoms with Crippen LogP contribution in [0.15, 0.2) is 47.5 Å². The van der Waals surface area contributed by atoms with Crippen LogP contribution in [0.4, 0.5) is 0 Å². The Morgan fingerprint density at radius 3 is 2.08 bits per heavy atom. The van der Waals surface area contributed by atoms with Crippen LogP contribution in [-0.4, -0.2) is 42.6 Å². The van der Waals surface area contributed by atoms with Crippen LogP contribution in [0.3, 0.4) is 0 Å². The summed E-state index contributed by atoms with van der Waals surface area (Å²) in [4.78, 5) is 1.20. The van der Waals surface area contributed by atoms with Gasteiger partial charge in [-0.3, -0.25) is 0 Å². The lowest BCUT2D eigenvalue weighted by molar-refractivity contribution is 0.324. The normalized spacial score (nSPS) is 10.6. The summed E-state index contributed by atoms with van der Waals surface area (Å²) in [5, 5.41) is 8.29. The number of benzene rings is 2. The topological polar surface area (TPSA) is 58.4 Å². The molecule has 0 atom stereocenters. The average Bonchev–Trinajstić information content (AvgIpc) is 3.16. The number of nitrogens with zero attached hydrogens (tertiary/aromatic N) is 3. The molecule has 2 aromatic carbocycles. The third-order valence-corrected chi connectivity index (χ3v) is 4.57. The van der Waals surface area contributed by atoms with E-state index in [1.54, 1.807) is 44.0 Å². The molecule has 6 nitrogen and oxygen atoms in total. The summed E-state index contributed by atoms with van der Waals surface area (Å²) in [6, 6.07) is 11.9. The molecule has 0 amide bonds. The zero-order valence-electron chi connectivity index (χ0n) is 14.5. The van der Waals surface area contributed by atoms with E-state index in [0.717, 1.165) is 16.9 Å². The maximum atomic E-state index is 5.42. The lowest BCUT2D eigenvalue weighted by Gasteiger charge is -2.15. The summed E-state index contributed by atoms with van der Waals surface area (Å²) in [5.74, 6) is 1.67. The molecule has 130 valence electrons. The van der Waals surface area contributed by atoms with Crippen molar-refractivity contribution in [1.29, 1.82) is 0 Å². The molecule has 3 rings (SSSR count). The smallest absolute Gasteiger partial charge is 0.203 e. The predicted octanol–water partition coefficient (Wildman–Crippen LogP) is 3.68. The molecule has 7 heteroatoms. The van der Waals surface area contributed by atoms with E-state index >= 15 is 0 Å². The molecule has 0 saturated carbocycles. The second kappa shape index (κ2) is 7.48. The molecular weight excluding hydrogens is 338 g/mol. The minimum absolute atomic E-state index is 0.541. The highest BCUT2D eigenvalue weighted by Gasteiger charge is 2.17. The minimum Gasteiger partial charge on any atom is -0.493 e. The third kappa shape index (κ3) is 3.28. The molecule has 3 aromatic rings. The quantitative estimate of drug-likeness (QED) is 0.627. The fourth-order valence-corrected chi connectivity index (χ4v) is 2.98. The summed E-state index contributed by atoms with van der Waals surface area (Å²) in [6.07, 6.45) is 3.79. The number of aromatic nitrogens is 3. The lowest BCUT2D eigenvalue weighted by Crippen LogP contribution is -2.02. The highest BCUT2D eigenvalue weighted by Crippen LogP contribution is 2.39. The van der Waals surface area contributed by atoms with Crippen molar-refractivity contribution in [2.45, 2.75) is 4.90 Å². The molecule has 0 N–H and O–H groups in total. The fraction of sp³-hybridized carbons (Fsp3) is 0.222. The Morgan fingerprint density at radius 2 is 1.56 bits per heavy atom. The van der Waals surface area contributed by atoms with E-state index in [2.05, 4.69) is 40.8 Å². The second-order valence-corrected chi connectivity index (χ2v) is 6.02. The molecule has 0 radical (unpaired) electrons.